The molecule has 0 heterocycles. The van der Waals surface area contributed by atoms with Crippen molar-refractivity contribution in [2.24, 2.45) is 5.16 Å². The Morgan fingerprint density at radius 1 is 1.25 bits per heavy atom. The number of hydrogen-bond acceptors (Lipinski definition) is 2. The Morgan fingerprint density at radius 2 is 1.92 bits per heavy atom. The van der Waals surface area contributed by atoms with E-state index in [4.69, 9.17) is 40.0 Å². The molecule has 12 heavy (non-hydrogen) atoms. The lowest BCUT2D eigenvalue weighted by Crippen LogP contribution is -1.90. The van der Waals surface area contributed by atoms with Crippen LogP contribution >= 0.6 is 34.8 Å². The van der Waals surface area contributed by atoms with Crippen molar-refractivity contribution in [2.75, 3.05) is 0 Å². The zero-order valence-electron chi connectivity index (χ0n) is 5.76. The van der Waals surface area contributed by atoms with Gasteiger partial charge in [-0.3, -0.25) is 0 Å². The molecule has 1 aromatic rings. The highest BCUT2D eigenvalue weighted by Gasteiger charge is 2.03. The zero-order chi connectivity index (χ0) is 9.14. The summed E-state index contributed by atoms with van der Waals surface area (Å²) in [7, 11) is 0. The van der Waals surface area contributed by atoms with Gasteiger partial charge in [-0.1, -0.05) is 46.0 Å². The van der Waals surface area contributed by atoms with Crippen LogP contribution < -0.4 is 0 Å². The van der Waals surface area contributed by atoms with E-state index in [0.717, 1.165) is 0 Å². The number of oxime groups is 1. The molecule has 5 heteroatoms. The summed E-state index contributed by atoms with van der Waals surface area (Å²) in [5.74, 6) is 0. The molecule has 0 aliphatic heterocycles. The van der Waals surface area contributed by atoms with E-state index in [1.165, 1.54) is 6.07 Å². The van der Waals surface area contributed by atoms with Gasteiger partial charge in [0.15, 0.2) is 5.17 Å². The summed E-state index contributed by atoms with van der Waals surface area (Å²) in [6.45, 7) is 0. The monoisotopic (exact) mass is 223 g/mol. The van der Waals surface area contributed by atoms with E-state index in [-0.39, 0.29) is 5.17 Å². The van der Waals surface area contributed by atoms with Crippen LogP contribution in [0.5, 0.6) is 0 Å². The molecule has 0 radical (unpaired) electrons. The summed E-state index contributed by atoms with van der Waals surface area (Å²) < 4.78 is 0. The lowest BCUT2D eigenvalue weighted by Gasteiger charge is -1.98. The minimum absolute atomic E-state index is 0.0198. The second-order valence-corrected chi connectivity index (χ2v) is 3.19. The molecule has 0 unspecified atom stereocenters. The van der Waals surface area contributed by atoms with Gasteiger partial charge in [-0.25, -0.2) is 0 Å². The Labute approximate surface area is 84.3 Å². The maximum Gasteiger partial charge on any atom is 0.175 e. The first-order valence-corrected chi connectivity index (χ1v) is 4.11. The van der Waals surface area contributed by atoms with E-state index >= 15 is 0 Å². The minimum Gasteiger partial charge on any atom is -0.410 e. The molecule has 1 aromatic carbocycles. The molecule has 0 saturated heterocycles. The van der Waals surface area contributed by atoms with Gasteiger partial charge in [0.25, 0.3) is 0 Å². The summed E-state index contributed by atoms with van der Waals surface area (Å²) in [6.07, 6.45) is 0. The predicted molar refractivity (Wildman–Crippen MR) is 50.6 cm³/mol. The Kier molecular flexibility index (Phi) is 3.20. The first kappa shape index (κ1) is 9.65. The molecule has 1 N–H and O–H groups in total. The largest absolute Gasteiger partial charge is 0.410 e. The number of nitrogens with zero attached hydrogens (tertiary/aromatic N) is 1. The number of benzene rings is 1. The van der Waals surface area contributed by atoms with E-state index in [9.17, 15) is 0 Å². The van der Waals surface area contributed by atoms with E-state index in [1.54, 1.807) is 12.1 Å². The summed E-state index contributed by atoms with van der Waals surface area (Å²) in [6, 6.07) is 4.70. The third-order valence-corrected chi connectivity index (χ3v) is 2.28. The smallest absolute Gasteiger partial charge is 0.175 e. The normalized spacial score (nSPS) is 11.8. The summed E-state index contributed by atoms with van der Waals surface area (Å²) in [4.78, 5) is 0. The van der Waals surface area contributed by atoms with Crippen LogP contribution in [0.25, 0.3) is 0 Å². The Bertz CT molecular complexity index is 324. The highest BCUT2D eigenvalue weighted by atomic mass is 35.5. The standard InChI is InChI=1S/C7H4Cl3NO/c8-5-2-1-4(3-6(5)9)7(10)11-12/h1-3,12H/b11-7-. The fourth-order valence-electron chi connectivity index (χ4n) is 0.682. The summed E-state index contributed by atoms with van der Waals surface area (Å²) in [5, 5.41) is 11.9. The third kappa shape index (κ3) is 2.03. The number of hydrogen-bond donors (Lipinski definition) is 1. The second-order valence-electron chi connectivity index (χ2n) is 2.02. The molecule has 1 rings (SSSR count). The fourth-order valence-corrected chi connectivity index (χ4v) is 1.10. The van der Waals surface area contributed by atoms with Crippen molar-refractivity contribution in [3.05, 3.63) is 33.8 Å². The second kappa shape index (κ2) is 3.99. The highest BCUT2D eigenvalue weighted by Crippen LogP contribution is 2.23. The molecule has 0 spiro atoms. The first-order chi connectivity index (χ1) is 5.65. The van der Waals surface area contributed by atoms with Gasteiger partial charge in [0, 0.05) is 5.56 Å². The van der Waals surface area contributed by atoms with Crippen molar-refractivity contribution in [2.45, 2.75) is 0 Å². The van der Waals surface area contributed by atoms with Gasteiger partial charge in [0.05, 0.1) is 10.0 Å². The van der Waals surface area contributed by atoms with Crippen LogP contribution in [0.1, 0.15) is 5.56 Å². The van der Waals surface area contributed by atoms with Crippen molar-refractivity contribution in [3.8, 4) is 0 Å². The maximum atomic E-state index is 8.33. The molecule has 0 atom stereocenters. The first-order valence-electron chi connectivity index (χ1n) is 2.98. The minimum atomic E-state index is -0.0198. The predicted octanol–water partition coefficient (Wildman–Crippen LogP) is 3.37. The van der Waals surface area contributed by atoms with Crippen molar-refractivity contribution in [1.82, 2.24) is 0 Å². The number of halogens is 3. The molecule has 64 valence electrons. The summed E-state index contributed by atoms with van der Waals surface area (Å²) >= 11 is 16.9. The van der Waals surface area contributed by atoms with Gasteiger partial charge in [-0.2, -0.15) is 0 Å². The van der Waals surface area contributed by atoms with E-state index in [2.05, 4.69) is 5.16 Å². The highest BCUT2D eigenvalue weighted by molar-refractivity contribution is 6.69. The lowest BCUT2D eigenvalue weighted by atomic mass is 10.2. The van der Waals surface area contributed by atoms with Gasteiger partial charge in [-0.05, 0) is 12.1 Å². The molecule has 0 aliphatic carbocycles. The molecule has 0 amide bonds. The van der Waals surface area contributed by atoms with Gasteiger partial charge in [-0.15, -0.1) is 0 Å². The topological polar surface area (TPSA) is 32.6 Å². The van der Waals surface area contributed by atoms with Gasteiger partial charge >= 0.3 is 0 Å². The van der Waals surface area contributed by atoms with Gasteiger partial charge in [0.2, 0.25) is 0 Å². The zero-order valence-corrected chi connectivity index (χ0v) is 8.03. The van der Waals surface area contributed by atoms with E-state index in [0.29, 0.717) is 15.6 Å². The average Bonchev–Trinajstić information content (AvgIpc) is 2.08. The molecule has 0 aliphatic rings. The van der Waals surface area contributed by atoms with Crippen molar-refractivity contribution >= 4 is 40.0 Å². The van der Waals surface area contributed by atoms with Gasteiger partial charge in [0.1, 0.15) is 0 Å². The summed E-state index contributed by atoms with van der Waals surface area (Å²) in [5.41, 5.74) is 0.522. The Balaban J connectivity index is 3.13. The van der Waals surface area contributed by atoms with Crippen LogP contribution in [0.3, 0.4) is 0 Å². The number of rotatable bonds is 1. The molecular formula is C7H4Cl3NO. The SMILES string of the molecule is O/N=C(\Cl)c1ccc(Cl)c(Cl)c1. The van der Waals surface area contributed by atoms with Crippen LogP contribution in [0, 0.1) is 0 Å². The molecule has 0 bridgehead atoms. The lowest BCUT2D eigenvalue weighted by molar-refractivity contribution is 0.321. The Morgan fingerprint density at radius 3 is 2.42 bits per heavy atom. The molecule has 0 fully saturated rings. The average molecular weight is 224 g/mol. The molecule has 0 saturated carbocycles. The van der Waals surface area contributed by atoms with Crippen molar-refractivity contribution in [3.63, 3.8) is 0 Å². The molecule has 0 aromatic heterocycles. The molecule has 2 nitrogen and oxygen atoms in total. The van der Waals surface area contributed by atoms with Crippen molar-refractivity contribution in [1.29, 1.82) is 0 Å². The quantitative estimate of drug-likeness (QED) is 0.443. The maximum absolute atomic E-state index is 8.33. The van der Waals surface area contributed by atoms with Crippen molar-refractivity contribution < 1.29 is 5.21 Å². The van der Waals surface area contributed by atoms with E-state index in [1.807, 2.05) is 0 Å². The van der Waals surface area contributed by atoms with Crippen LogP contribution in [-0.4, -0.2) is 10.4 Å². The fraction of sp³-hybridized carbons (Fsp3) is 0. The third-order valence-electron chi connectivity index (χ3n) is 1.25. The van der Waals surface area contributed by atoms with Gasteiger partial charge < -0.3 is 5.21 Å². The van der Waals surface area contributed by atoms with Crippen LogP contribution in [0.15, 0.2) is 23.4 Å². The van der Waals surface area contributed by atoms with Crippen LogP contribution in [0.4, 0.5) is 0 Å². The molecular weight excluding hydrogens is 220 g/mol. The van der Waals surface area contributed by atoms with Crippen LogP contribution in [0.2, 0.25) is 10.0 Å². The van der Waals surface area contributed by atoms with E-state index < -0.39 is 0 Å². The Hall–Kier alpha value is -0.440. The van der Waals surface area contributed by atoms with Crippen LogP contribution in [-0.2, 0) is 0 Å².